The Labute approximate surface area is 100 Å². The van der Waals surface area contributed by atoms with Gasteiger partial charge in [-0.05, 0) is 32.9 Å². The van der Waals surface area contributed by atoms with Crippen LogP contribution in [0.5, 0.6) is 0 Å². The van der Waals surface area contributed by atoms with Gasteiger partial charge in [-0.2, -0.15) is 0 Å². The first-order chi connectivity index (χ1) is 7.65. The smallest absolute Gasteiger partial charge is 0.203 e. The molecule has 0 atom stereocenters. The normalized spacial score (nSPS) is 11.0. The summed E-state index contributed by atoms with van der Waals surface area (Å²) in [4.78, 5) is 7.03. The Morgan fingerprint density at radius 1 is 1.44 bits per heavy atom. The van der Waals surface area contributed by atoms with Crippen LogP contribution in [0.2, 0.25) is 0 Å². The average Bonchev–Trinajstić information content (AvgIpc) is 2.77. The molecule has 3 nitrogen and oxygen atoms in total. The van der Waals surface area contributed by atoms with Gasteiger partial charge in [0, 0.05) is 28.2 Å². The molecule has 0 fully saturated rings. The fourth-order valence-corrected chi connectivity index (χ4v) is 2.46. The summed E-state index contributed by atoms with van der Waals surface area (Å²) in [5.41, 5.74) is 0. The minimum atomic E-state index is 0.409. The van der Waals surface area contributed by atoms with Crippen molar-refractivity contribution in [3.05, 3.63) is 34.3 Å². The molecule has 1 N–H and O–H groups in total. The van der Waals surface area contributed by atoms with Crippen LogP contribution in [-0.2, 0) is 6.54 Å². The summed E-state index contributed by atoms with van der Waals surface area (Å²) in [6, 6.07) is 4.75. The highest BCUT2D eigenvalue weighted by atomic mass is 32.1. The largest absolute Gasteiger partial charge is 0.353 e. The van der Waals surface area contributed by atoms with Crippen LogP contribution in [0.1, 0.15) is 23.6 Å². The van der Waals surface area contributed by atoms with E-state index in [1.807, 2.05) is 23.7 Å². The van der Waals surface area contributed by atoms with E-state index in [0.717, 1.165) is 12.5 Å². The van der Waals surface area contributed by atoms with Gasteiger partial charge in [0.15, 0.2) is 0 Å². The molecule has 2 aromatic heterocycles. The third-order valence-corrected chi connectivity index (χ3v) is 3.24. The van der Waals surface area contributed by atoms with Crippen molar-refractivity contribution in [3.63, 3.8) is 0 Å². The highest BCUT2D eigenvalue weighted by molar-refractivity contribution is 7.11. The van der Waals surface area contributed by atoms with Crippen LogP contribution in [0.4, 0.5) is 5.95 Å². The van der Waals surface area contributed by atoms with E-state index in [1.54, 1.807) is 0 Å². The first-order valence-electron chi connectivity index (χ1n) is 5.48. The summed E-state index contributed by atoms with van der Waals surface area (Å²) in [6.07, 6.45) is 3.85. The molecule has 2 aromatic rings. The van der Waals surface area contributed by atoms with Crippen molar-refractivity contribution in [1.82, 2.24) is 9.55 Å². The van der Waals surface area contributed by atoms with E-state index in [-0.39, 0.29) is 0 Å². The molecule has 2 rings (SSSR count). The topological polar surface area (TPSA) is 29.9 Å². The molecule has 0 radical (unpaired) electrons. The van der Waals surface area contributed by atoms with E-state index in [0.29, 0.717) is 6.04 Å². The molecule has 0 aliphatic rings. The number of rotatable bonds is 4. The van der Waals surface area contributed by atoms with Gasteiger partial charge in [0.05, 0.1) is 6.54 Å². The summed E-state index contributed by atoms with van der Waals surface area (Å²) in [6.45, 7) is 7.27. The summed E-state index contributed by atoms with van der Waals surface area (Å²) < 4.78 is 2.14. The molecule has 0 unspecified atom stereocenters. The molecular weight excluding hydrogens is 218 g/mol. The third-order valence-electron chi connectivity index (χ3n) is 2.26. The number of imidazole rings is 1. The Kier molecular flexibility index (Phi) is 3.29. The second-order valence-electron chi connectivity index (χ2n) is 4.19. The second-order valence-corrected chi connectivity index (χ2v) is 5.56. The van der Waals surface area contributed by atoms with Crippen LogP contribution in [0, 0.1) is 6.92 Å². The molecule has 0 aliphatic heterocycles. The second kappa shape index (κ2) is 4.70. The molecule has 16 heavy (non-hydrogen) atoms. The van der Waals surface area contributed by atoms with Crippen LogP contribution < -0.4 is 5.32 Å². The average molecular weight is 235 g/mol. The van der Waals surface area contributed by atoms with Gasteiger partial charge in [-0.25, -0.2) is 4.98 Å². The van der Waals surface area contributed by atoms with Crippen molar-refractivity contribution in [2.45, 2.75) is 33.4 Å². The summed E-state index contributed by atoms with van der Waals surface area (Å²) in [5, 5.41) is 3.34. The summed E-state index contributed by atoms with van der Waals surface area (Å²) in [7, 11) is 0. The lowest BCUT2D eigenvalue weighted by molar-refractivity contribution is 0.782. The molecule has 2 heterocycles. The van der Waals surface area contributed by atoms with Crippen LogP contribution in [0.25, 0.3) is 0 Å². The zero-order valence-electron chi connectivity index (χ0n) is 9.90. The monoisotopic (exact) mass is 235 g/mol. The zero-order chi connectivity index (χ0) is 11.5. The van der Waals surface area contributed by atoms with Gasteiger partial charge in [0.1, 0.15) is 0 Å². The predicted molar refractivity (Wildman–Crippen MR) is 69.1 cm³/mol. The predicted octanol–water partition coefficient (Wildman–Crippen LogP) is 3.12. The van der Waals surface area contributed by atoms with Gasteiger partial charge in [0.25, 0.3) is 0 Å². The van der Waals surface area contributed by atoms with Gasteiger partial charge >= 0.3 is 0 Å². The molecule has 0 bridgehead atoms. The van der Waals surface area contributed by atoms with Gasteiger partial charge in [0.2, 0.25) is 5.95 Å². The standard InChI is InChI=1S/C12H17N3S/c1-9(2)14-12-13-6-7-15(12)8-11-5-4-10(3)16-11/h4-7,9H,8H2,1-3H3,(H,13,14). The number of nitrogens with zero attached hydrogens (tertiary/aromatic N) is 2. The number of hydrogen-bond acceptors (Lipinski definition) is 3. The maximum Gasteiger partial charge on any atom is 0.203 e. The number of thiophene rings is 1. The van der Waals surface area contributed by atoms with Crippen molar-refractivity contribution in [2.24, 2.45) is 0 Å². The van der Waals surface area contributed by atoms with E-state index >= 15 is 0 Å². The maximum atomic E-state index is 4.32. The number of aromatic nitrogens is 2. The van der Waals surface area contributed by atoms with E-state index in [9.17, 15) is 0 Å². The lowest BCUT2D eigenvalue weighted by Gasteiger charge is -2.11. The molecule has 4 heteroatoms. The van der Waals surface area contributed by atoms with Crippen LogP contribution in [0.15, 0.2) is 24.5 Å². The Hall–Kier alpha value is -1.29. The highest BCUT2D eigenvalue weighted by Crippen LogP contribution is 2.18. The molecular formula is C12H17N3S. The number of aryl methyl sites for hydroxylation is 1. The minimum Gasteiger partial charge on any atom is -0.353 e. The van der Waals surface area contributed by atoms with E-state index in [4.69, 9.17) is 0 Å². The fourth-order valence-electron chi connectivity index (χ4n) is 1.57. The molecule has 0 aromatic carbocycles. The Morgan fingerprint density at radius 3 is 2.88 bits per heavy atom. The highest BCUT2D eigenvalue weighted by Gasteiger charge is 2.05. The lowest BCUT2D eigenvalue weighted by Crippen LogP contribution is -2.14. The minimum absolute atomic E-state index is 0.409. The maximum absolute atomic E-state index is 4.32. The van der Waals surface area contributed by atoms with Crippen molar-refractivity contribution < 1.29 is 0 Å². The zero-order valence-corrected chi connectivity index (χ0v) is 10.7. The van der Waals surface area contributed by atoms with E-state index in [1.165, 1.54) is 9.75 Å². The molecule has 0 amide bonds. The number of anilines is 1. The number of hydrogen-bond donors (Lipinski definition) is 1. The fraction of sp³-hybridized carbons (Fsp3) is 0.417. The lowest BCUT2D eigenvalue weighted by atomic mass is 10.4. The number of nitrogens with one attached hydrogen (secondary N) is 1. The molecule has 0 saturated carbocycles. The van der Waals surface area contributed by atoms with Crippen LogP contribution in [0.3, 0.4) is 0 Å². The van der Waals surface area contributed by atoms with Crippen molar-refractivity contribution in [2.75, 3.05) is 5.32 Å². The molecule has 0 saturated heterocycles. The van der Waals surface area contributed by atoms with Crippen LogP contribution in [-0.4, -0.2) is 15.6 Å². The third kappa shape index (κ3) is 2.64. The van der Waals surface area contributed by atoms with Crippen molar-refractivity contribution >= 4 is 17.3 Å². The van der Waals surface area contributed by atoms with Crippen LogP contribution >= 0.6 is 11.3 Å². The van der Waals surface area contributed by atoms with Gasteiger partial charge in [-0.3, -0.25) is 0 Å². The Morgan fingerprint density at radius 2 is 2.25 bits per heavy atom. The van der Waals surface area contributed by atoms with Gasteiger partial charge in [-0.1, -0.05) is 0 Å². The van der Waals surface area contributed by atoms with Crippen molar-refractivity contribution in [3.8, 4) is 0 Å². The SMILES string of the molecule is Cc1ccc(Cn2ccnc2NC(C)C)s1. The van der Waals surface area contributed by atoms with E-state index < -0.39 is 0 Å². The quantitative estimate of drug-likeness (QED) is 0.882. The molecule has 0 spiro atoms. The van der Waals surface area contributed by atoms with Gasteiger partial charge < -0.3 is 9.88 Å². The van der Waals surface area contributed by atoms with Gasteiger partial charge in [-0.15, -0.1) is 11.3 Å². The first kappa shape index (κ1) is 11.2. The summed E-state index contributed by atoms with van der Waals surface area (Å²) >= 11 is 1.84. The Balaban J connectivity index is 2.12. The molecule has 0 aliphatic carbocycles. The van der Waals surface area contributed by atoms with Crippen molar-refractivity contribution in [1.29, 1.82) is 0 Å². The Bertz CT molecular complexity index is 456. The van der Waals surface area contributed by atoms with E-state index in [2.05, 4.69) is 47.8 Å². The summed E-state index contributed by atoms with van der Waals surface area (Å²) in [5.74, 6) is 0.945. The first-order valence-corrected chi connectivity index (χ1v) is 6.30. The molecule has 86 valence electrons.